The second-order valence-corrected chi connectivity index (χ2v) is 4.82. The molecule has 1 rings (SSSR count). The van der Waals surface area contributed by atoms with Gasteiger partial charge in [0, 0.05) is 13.2 Å². The van der Waals surface area contributed by atoms with Gasteiger partial charge in [-0.15, -0.1) is 0 Å². The molecule has 0 bridgehead atoms. The maximum absolute atomic E-state index is 12.3. The average Bonchev–Trinajstić information content (AvgIpc) is 2.81. The molecule has 1 N–H and O–H groups in total. The van der Waals surface area contributed by atoms with Gasteiger partial charge >= 0.3 is 0 Å². The topological polar surface area (TPSA) is 70.7 Å². The van der Waals surface area contributed by atoms with Gasteiger partial charge in [0.15, 0.2) is 0 Å². The van der Waals surface area contributed by atoms with Gasteiger partial charge in [0.2, 0.25) is 5.91 Å². The van der Waals surface area contributed by atoms with Gasteiger partial charge in [-0.25, -0.2) is 0 Å². The highest BCUT2D eigenvalue weighted by atomic mass is 16.2. The number of carbonyl (C=O) groups excluding carboxylic acids is 1. The minimum Gasteiger partial charge on any atom is -0.349 e. The standard InChI is InChI=1S/C14H22N4O/c1-4-7-14(11-15,8-5-2)13(19)16-10-12-6-9-17-18(12)3/h6,9H,4-5,7-8,10H2,1-3H3,(H,16,19). The molecule has 0 atom stereocenters. The molecule has 5 nitrogen and oxygen atoms in total. The van der Waals surface area contributed by atoms with Gasteiger partial charge in [0.1, 0.15) is 5.41 Å². The van der Waals surface area contributed by atoms with Gasteiger partial charge < -0.3 is 5.32 Å². The molecular formula is C14H22N4O. The molecule has 1 heterocycles. The molecule has 0 fully saturated rings. The van der Waals surface area contributed by atoms with Gasteiger partial charge in [-0.2, -0.15) is 10.4 Å². The van der Waals surface area contributed by atoms with Crippen molar-refractivity contribution in [1.29, 1.82) is 5.26 Å². The molecule has 1 aromatic heterocycles. The molecule has 0 aliphatic heterocycles. The Hall–Kier alpha value is -1.83. The molecule has 0 saturated heterocycles. The minimum absolute atomic E-state index is 0.167. The lowest BCUT2D eigenvalue weighted by Gasteiger charge is -2.24. The molecule has 0 saturated carbocycles. The van der Waals surface area contributed by atoms with Gasteiger partial charge in [-0.3, -0.25) is 9.48 Å². The Morgan fingerprint density at radius 1 is 1.47 bits per heavy atom. The lowest BCUT2D eigenvalue weighted by atomic mass is 9.80. The van der Waals surface area contributed by atoms with Crippen molar-refractivity contribution in [2.75, 3.05) is 0 Å². The van der Waals surface area contributed by atoms with Crippen molar-refractivity contribution >= 4 is 5.91 Å². The minimum atomic E-state index is -0.887. The summed E-state index contributed by atoms with van der Waals surface area (Å²) in [7, 11) is 1.83. The zero-order valence-corrected chi connectivity index (χ0v) is 11.9. The molecule has 1 aromatic rings. The van der Waals surface area contributed by atoms with E-state index in [1.54, 1.807) is 10.9 Å². The molecule has 19 heavy (non-hydrogen) atoms. The van der Waals surface area contributed by atoms with Crippen molar-refractivity contribution in [3.8, 4) is 6.07 Å². The summed E-state index contributed by atoms with van der Waals surface area (Å²) in [6.07, 6.45) is 4.56. The highest BCUT2D eigenvalue weighted by Crippen LogP contribution is 2.29. The van der Waals surface area contributed by atoms with E-state index in [1.807, 2.05) is 27.0 Å². The lowest BCUT2D eigenvalue weighted by molar-refractivity contribution is -0.129. The highest BCUT2D eigenvalue weighted by molar-refractivity contribution is 5.85. The molecule has 0 aromatic carbocycles. The van der Waals surface area contributed by atoms with Crippen molar-refractivity contribution in [1.82, 2.24) is 15.1 Å². The summed E-state index contributed by atoms with van der Waals surface area (Å²) in [5, 5.41) is 16.3. The summed E-state index contributed by atoms with van der Waals surface area (Å²) in [6, 6.07) is 4.08. The van der Waals surface area contributed by atoms with Crippen LogP contribution in [-0.2, 0) is 18.4 Å². The van der Waals surface area contributed by atoms with Crippen LogP contribution in [0.15, 0.2) is 12.3 Å². The summed E-state index contributed by atoms with van der Waals surface area (Å²) < 4.78 is 1.72. The van der Waals surface area contributed by atoms with Crippen molar-refractivity contribution in [3.05, 3.63) is 18.0 Å². The Bertz CT molecular complexity index is 452. The number of amides is 1. The number of aromatic nitrogens is 2. The number of hydrogen-bond donors (Lipinski definition) is 1. The molecule has 0 radical (unpaired) electrons. The molecule has 0 spiro atoms. The Kier molecular flexibility index (Phi) is 5.56. The molecule has 0 aliphatic carbocycles. The second-order valence-electron chi connectivity index (χ2n) is 4.82. The van der Waals surface area contributed by atoms with E-state index in [9.17, 15) is 10.1 Å². The number of nitrogens with one attached hydrogen (secondary N) is 1. The number of hydrogen-bond acceptors (Lipinski definition) is 3. The van der Waals surface area contributed by atoms with Crippen LogP contribution in [0.2, 0.25) is 0 Å². The maximum Gasteiger partial charge on any atom is 0.240 e. The maximum atomic E-state index is 12.3. The number of carbonyl (C=O) groups is 1. The van der Waals surface area contributed by atoms with E-state index in [4.69, 9.17) is 0 Å². The molecule has 0 aliphatic rings. The SMILES string of the molecule is CCCC(C#N)(CCC)C(=O)NCc1ccnn1C. The quantitative estimate of drug-likeness (QED) is 0.818. The van der Waals surface area contributed by atoms with Crippen LogP contribution in [0.4, 0.5) is 0 Å². The van der Waals surface area contributed by atoms with Gasteiger partial charge in [-0.1, -0.05) is 26.7 Å². The normalized spacial score (nSPS) is 11.1. The van der Waals surface area contributed by atoms with E-state index < -0.39 is 5.41 Å². The third kappa shape index (κ3) is 3.57. The van der Waals surface area contributed by atoms with Crippen LogP contribution < -0.4 is 5.32 Å². The van der Waals surface area contributed by atoms with E-state index >= 15 is 0 Å². The zero-order valence-electron chi connectivity index (χ0n) is 11.9. The van der Waals surface area contributed by atoms with Crippen molar-refractivity contribution in [2.24, 2.45) is 12.5 Å². The third-order valence-electron chi connectivity index (χ3n) is 3.35. The summed E-state index contributed by atoms with van der Waals surface area (Å²) in [4.78, 5) is 12.3. The average molecular weight is 262 g/mol. The van der Waals surface area contributed by atoms with E-state index in [0.29, 0.717) is 19.4 Å². The van der Waals surface area contributed by atoms with E-state index in [0.717, 1.165) is 18.5 Å². The second kappa shape index (κ2) is 6.93. The first-order chi connectivity index (χ1) is 9.09. The van der Waals surface area contributed by atoms with Crippen LogP contribution >= 0.6 is 0 Å². The third-order valence-corrected chi connectivity index (χ3v) is 3.35. The van der Waals surface area contributed by atoms with Gasteiger partial charge in [0.25, 0.3) is 0 Å². The van der Waals surface area contributed by atoms with E-state index in [1.165, 1.54) is 0 Å². The van der Waals surface area contributed by atoms with Crippen LogP contribution in [0.5, 0.6) is 0 Å². The monoisotopic (exact) mass is 262 g/mol. The summed E-state index contributed by atoms with van der Waals surface area (Å²) >= 11 is 0. The van der Waals surface area contributed by atoms with Crippen LogP contribution in [0.1, 0.15) is 45.2 Å². The van der Waals surface area contributed by atoms with Gasteiger partial charge in [0.05, 0.1) is 18.3 Å². The van der Waals surface area contributed by atoms with Crippen LogP contribution in [-0.4, -0.2) is 15.7 Å². The first kappa shape index (κ1) is 15.2. The Morgan fingerprint density at radius 3 is 2.53 bits per heavy atom. The number of nitrogens with zero attached hydrogens (tertiary/aromatic N) is 3. The number of aryl methyl sites for hydroxylation is 1. The Morgan fingerprint density at radius 2 is 2.11 bits per heavy atom. The highest BCUT2D eigenvalue weighted by Gasteiger charge is 2.36. The van der Waals surface area contributed by atoms with Crippen molar-refractivity contribution < 1.29 is 4.79 Å². The lowest BCUT2D eigenvalue weighted by Crippen LogP contribution is -2.40. The van der Waals surface area contributed by atoms with Crippen molar-refractivity contribution in [2.45, 2.75) is 46.1 Å². The number of rotatable bonds is 7. The fraction of sp³-hybridized carbons (Fsp3) is 0.643. The molecule has 5 heteroatoms. The molecule has 1 amide bonds. The summed E-state index contributed by atoms with van der Waals surface area (Å²) in [5.41, 5.74) is 0.0374. The largest absolute Gasteiger partial charge is 0.349 e. The fourth-order valence-electron chi connectivity index (χ4n) is 2.28. The summed E-state index contributed by atoms with van der Waals surface area (Å²) in [6.45, 7) is 4.40. The zero-order chi connectivity index (χ0) is 14.3. The first-order valence-electron chi connectivity index (χ1n) is 6.76. The molecule has 104 valence electrons. The van der Waals surface area contributed by atoms with Crippen molar-refractivity contribution in [3.63, 3.8) is 0 Å². The fourth-order valence-corrected chi connectivity index (χ4v) is 2.28. The number of nitriles is 1. The van der Waals surface area contributed by atoms with Crippen LogP contribution in [0.25, 0.3) is 0 Å². The molecule has 0 unspecified atom stereocenters. The van der Waals surface area contributed by atoms with E-state index in [-0.39, 0.29) is 5.91 Å². The Labute approximate surface area is 114 Å². The predicted molar refractivity (Wildman–Crippen MR) is 72.9 cm³/mol. The first-order valence-corrected chi connectivity index (χ1v) is 6.76. The van der Waals surface area contributed by atoms with E-state index in [2.05, 4.69) is 16.5 Å². The predicted octanol–water partition coefficient (Wildman–Crippen LogP) is 2.15. The smallest absolute Gasteiger partial charge is 0.240 e. The van der Waals surface area contributed by atoms with Crippen LogP contribution in [0, 0.1) is 16.7 Å². The molecular weight excluding hydrogens is 240 g/mol. The van der Waals surface area contributed by atoms with Crippen LogP contribution in [0.3, 0.4) is 0 Å². The van der Waals surface area contributed by atoms with Gasteiger partial charge in [-0.05, 0) is 18.9 Å². The Balaban J connectivity index is 2.72. The summed E-state index contributed by atoms with van der Waals surface area (Å²) in [5.74, 6) is -0.167.